The van der Waals surface area contributed by atoms with Crippen LogP contribution in [0.25, 0.3) is 10.9 Å². The Morgan fingerprint density at radius 3 is 2.56 bits per heavy atom. The second-order valence-electron chi connectivity index (χ2n) is 10.4. The van der Waals surface area contributed by atoms with E-state index in [-0.39, 0.29) is 17.9 Å². The quantitative estimate of drug-likeness (QED) is 0.281. The van der Waals surface area contributed by atoms with Crippen LogP contribution in [-0.2, 0) is 10.3 Å². The molecule has 3 aromatic carbocycles. The maximum Gasteiger partial charge on any atom is 0.332 e. The summed E-state index contributed by atoms with van der Waals surface area (Å²) in [4.78, 5) is 34.7. The van der Waals surface area contributed by atoms with Gasteiger partial charge in [0.2, 0.25) is 0 Å². The molecule has 7 heteroatoms. The van der Waals surface area contributed by atoms with Crippen molar-refractivity contribution in [3.05, 3.63) is 89.1 Å². The highest BCUT2D eigenvalue weighted by Gasteiger charge is 2.60. The maximum absolute atomic E-state index is 14.2. The van der Waals surface area contributed by atoms with Gasteiger partial charge in [0.15, 0.2) is 17.0 Å². The molecule has 200 valence electrons. The minimum absolute atomic E-state index is 0.169. The second kappa shape index (κ2) is 9.49. The SMILES string of the molecule is CCCOc1ccc([C@@H]2CN3C(=O)N(c4cccc(C)c4)C(=O)[C@]3(C)c3[nH]c4ccccc4c32)cc1OCC. The lowest BCUT2D eigenvalue weighted by molar-refractivity contribution is -0.125. The van der Waals surface area contributed by atoms with E-state index in [1.54, 1.807) is 4.90 Å². The van der Waals surface area contributed by atoms with Crippen molar-refractivity contribution in [2.45, 2.75) is 45.6 Å². The summed E-state index contributed by atoms with van der Waals surface area (Å²) in [5.74, 6) is 0.976. The van der Waals surface area contributed by atoms with Crippen molar-refractivity contribution < 1.29 is 19.1 Å². The predicted octanol–water partition coefficient (Wildman–Crippen LogP) is 6.49. The molecule has 39 heavy (non-hydrogen) atoms. The number of anilines is 1. The number of fused-ring (bicyclic) bond motifs is 5. The largest absolute Gasteiger partial charge is 0.490 e. The lowest BCUT2D eigenvalue weighted by Crippen LogP contribution is -2.50. The molecule has 2 aliphatic heterocycles. The van der Waals surface area contributed by atoms with Gasteiger partial charge in [-0.15, -0.1) is 0 Å². The molecule has 6 rings (SSSR count). The molecule has 0 saturated carbocycles. The number of rotatable bonds is 7. The summed E-state index contributed by atoms with van der Waals surface area (Å²) in [6.07, 6.45) is 0.899. The molecule has 0 aliphatic carbocycles. The fraction of sp³-hybridized carbons (Fsp3) is 0.312. The molecule has 1 fully saturated rings. The summed E-state index contributed by atoms with van der Waals surface area (Å²) < 4.78 is 11.9. The van der Waals surface area contributed by atoms with Gasteiger partial charge in [0.25, 0.3) is 5.91 Å². The third kappa shape index (κ3) is 3.79. The summed E-state index contributed by atoms with van der Waals surface area (Å²) in [7, 11) is 0. The van der Waals surface area contributed by atoms with E-state index in [1.165, 1.54) is 4.90 Å². The van der Waals surface area contributed by atoms with Gasteiger partial charge in [-0.3, -0.25) is 4.79 Å². The fourth-order valence-electron chi connectivity index (χ4n) is 6.03. The Morgan fingerprint density at radius 1 is 0.974 bits per heavy atom. The van der Waals surface area contributed by atoms with Crippen molar-refractivity contribution >= 4 is 28.5 Å². The molecule has 0 spiro atoms. The molecule has 0 bridgehead atoms. The molecule has 4 aromatic rings. The van der Waals surface area contributed by atoms with E-state index < -0.39 is 5.54 Å². The van der Waals surface area contributed by atoms with E-state index >= 15 is 0 Å². The van der Waals surface area contributed by atoms with Crippen LogP contribution in [0.4, 0.5) is 10.5 Å². The highest BCUT2D eigenvalue weighted by Crippen LogP contribution is 2.51. The summed E-state index contributed by atoms with van der Waals surface area (Å²) in [5.41, 5.74) is 4.17. The first-order valence-electron chi connectivity index (χ1n) is 13.6. The zero-order chi connectivity index (χ0) is 27.3. The number of hydrogen-bond acceptors (Lipinski definition) is 4. The molecule has 3 heterocycles. The number of nitrogens with one attached hydrogen (secondary N) is 1. The third-order valence-electron chi connectivity index (χ3n) is 7.92. The Hall–Kier alpha value is -4.26. The fourth-order valence-corrected chi connectivity index (χ4v) is 6.03. The maximum atomic E-state index is 14.2. The number of carbonyl (C=O) groups is 2. The minimum Gasteiger partial charge on any atom is -0.490 e. The molecule has 0 unspecified atom stereocenters. The topological polar surface area (TPSA) is 74.9 Å². The van der Waals surface area contributed by atoms with Gasteiger partial charge in [-0.05, 0) is 74.2 Å². The molecule has 0 radical (unpaired) electrons. The van der Waals surface area contributed by atoms with E-state index in [2.05, 4.69) is 18.0 Å². The number of benzene rings is 3. The number of H-pyrrole nitrogens is 1. The third-order valence-corrected chi connectivity index (χ3v) is 7.92. The number of amides is 3. The van der Waals surface area contributed by atoms with Gasteiger partial charge in [-0.1, -0.05) is 43.3 Å². The summed E-state index contributed by atoms with van der Waals surface area (Å²) in [5, 5.41) is 1.05. The van der Waals surface area contributed by atoms with Crippen LogP contribution in [0.15, 0.2) is 66.7 Å². The Balaban J connectivity index is 1.52. The Bertz CT molecular complexity index is 1590. The first-order valence-corrected chi connectivity index (χ1v) is 13.6. The van der Waals surface area contributed by atoms with Crippen LogP contribution in [-0.4, -0.2) is 41.6 Å². The van der Waals surface area contributed by atoms with Crippen LogP contribution in [0.2, 0.25) is 0 Å². The van der Waals surface area contributed by atoms with Crippen molar-refractivity contribution in [3.8, 4) is 11.5 Å². The number of aromatic amines is 1. The second-order valence-corrected chi connectivity index (χ2v) is 10.4. The predicted molar refractivity (Wildman–Crippen MR) is 152 cm³/mol. The smallest absolute Gasteiger partial charge is 0.332 e. The van der Waals surface area contributed by atoms with Gasteiger partial charge in [-0.2, -0.15) is 0 Å². The highest BCUT2D eigenvalue weighted by molar-refractivity contribution is 6.23. The number of imide groups is 1. The summed E-state index contributed by atoms with van der Waals surface area (Å²) >= 11 is 0. The number of aromatic nitrogens is 1. The zero-order valence-corrected chi connectivity index (χ0v) is 22.8. The van der Waals surface area contributed by atoms with Crippen molar-refractivity contribution in [3.63, 3.8) is 0 Å². The highest BCUT2D eigenvalue weighted by atomic mass is 16.5. The standard InChI is InChI=1S/C32H33N3O4/c1-5-16-39-26-15-14-21(18-27(26)38-6-2)24-19-34-31(37)35(22-11-9-10-20(3)17-22)30(36)32(34,4)29-28(24)23-12-7-8-13-25(23)33-29/h7-15,17-18,24,33H,5-6,16,19H2,1-4H3/t24-,32-/m0/s1. The first-order chi connectivity index (χ1) is 18.9. The van der Waals surface area contributed by atoms with Crippen molar-refractivity contribution in [2.75, 3.05) is 24.7 Å². The lowest BCUT2D eigenvalue weighted by atomic mass is 9.78. The van der Waals surface area contributed by atoms with Crippen molar-refractivity contribution in [2.24, 2.45) is 0 Å². The van der Waals surface area contributed by atoms with Gasteiger partial charge >= 0.3 is 6.03 Å². The molecule has 1 N–H and O–H groups in total. The van der Waals surface area contributed by atoms with E-state index in [0.29, 0.717) is 36.9 Å². The molecule has 1 saturated heterocycles. The van der Waals surface area contributed by atoms with E-state index in [9.17, 15) is 9.59 Å². The van der Waals surface area contributed by atoms with Crippen molar-refractivity contribution in [1.29, 1.82) is 0 Å². The number of aryl methyl sites for hydroxylation is 1. The normalized spacial score (nSPS) is 20.4. The van der Waals surface area contributed by atoms with Crippen molar-refractivity contribution in [1.82, 2.24) is 9.88 Å². The number of ether oxygens (including phenoxy) is 2. The van der Waals surface area contributed by atoms with Crippen LogP contribution in [0.5, 0.6) is 11.5 Å². The van der Waals surface area contributed by atoms with Crippen LogP contribution in [0.1, 0.15) is 55.5 Å². The van der Waals surface area contributed by atoms with Crippen LogP contribution in [0, 0.1) is 6.92 Å². The number of hydrogen-bond donors (Lipinski definition) is 1. The Labute approximate surface area is 228 Å². The number of nitrogens with zero attached hydrogens (tertiary/aromatic N) is 2. The molecular weight excluding hydrogens is 490 g/mol. The Morgan fingerprint density at radius 2 is 1.79 bits per heavy atom. The van der Waals surface area contributed by atoms with Gasteiger partial charge in [0.1, 0.15) is 0 Å². The average molecular weight is 524 g/mol. The van der Waals surface area contributed by atoms with E-state index in [4.69, 9.17) is 9.47 Å². The molecule has 2 atom stereocenters. The average Bonchev–Trinajstić information content (AvgIpc) is 3.42. The molecule has 2 aliphatic rings. The summed E-state index contributed by atoms with van der Waals surface area (Å²) in [6, 6.07) is 21.3. The molecule has 7 nitrogen and oxygen atoms in total. The monoisotopic (exact) mass is 523 g/mol. The number of urea groups is 1. The molecular formula is C32H33N3O4. The summed E-state index contributed by atoms with van der Waals surface area (Å²) in [6.45, 7) is 9.32. The van der Waals surface area contributed by atoms with E-state index in [1.807, 2.05) is 81.4 Å². The Kier molecular flexibility index (Phi) is 6.09. The molecule has 1 aromatic heterocycles. The van der Waals surface area contributed by atoms with E-state index in [0.717, 1.165) is 39.7 Å². The van der Waals surface area contributed by atoms with Crippen LogP contribution in [0.3, 0.4) is 0 Å². The van der Waals surface area contributed by atoms with Gasteiger partial charge in [0.05, 0.1) is 24.6 Å². The molecule has 3 amide bonds. The minimum atomic E-state index is -1.15. The first kappa shape index (κ1) is 25.0. The van der Waals surface area contributed by atoms with Gasteiger partial charge in [-0.25, -0.2) is 9.69 Å². The lowest BCUT2D eigenvalue weighted by Gasteiger charge is -2.40. The zero-order valence-electron chi connectivity index (χ0n) is 22.8. The number of carbonyl (C=O) groups excluding carboxylic acids is 2. The van der Waals surface area contributed by atoms with Crippen LogP contribution < -0.4 is 14.4 Å². The number of para-hydroxylation sites is 1. The van der Waals surface area contributed by atoms with Gasteiger partial charge < -0.3 is 19.4 Å². The van der Waals surface area contributed by atoms with Crippen LogP contribution >= 0.6 is 0 Å². The van der Waals surface area contributed by atoms with Gasteiger partial charge in [0, 0.05) is 23.4 Å².